The average Bonchev–Trinajstić information content (AvgIpc) is 2.83. The predicted octanol–water partition coefficient (Wildman–Crippen LogP) is -1.77. The lowest BCUT2D eigenvalue weighted by Gasteiger charge is -2.42. The van der Waals surface area contributed by atoms with Gasteiger partial charge in [-0.25, -0.2) is 0 Å². The lowest BCUT2D eigenvalue weighted by molar-refractivity contribution is -0.339. The summed E-state index contributed by atoms with van der Waals surface area (Å²) >= 11 is 0. The fourth-order valence-corrected chi connectivity index (χ4v) is 3.36. The first-order valence-corrected chi connectivity index (χ1v) is 7.58. The second kappa shape index (κ2) is 6.48. The van der Waals surface area contributed by atoms with Gasteiger partial charge in [-0.1, -0.05) is 11.6 Å². The monoisotopic (exact) mass is 330 g/mol. The Morgan fingerprint density at radius 2 is 1.83 bits per heavy atom. The van der Waals surface area contributed by atoms with Crippen LogP contribution in [0.2, 0.25) is 0 Å². The minimum Gasteiger partial charge on any atom is -0.472 e. The maximum Gasteiger partial charge on any atom is 0.208 e. The molecule has 3 rings (SSSR count). The maximum atomic E-state index is 10.0. The molecule has 3 aliphatic rings. The lowest BCUT2D eigenvalue weighted by atomic mass is 9.88. The molecule has 9 atom stereocenters. The summed E-state index contributed by atoms with van der Waals surface area (Å²) in [5.41, 5.74) is 0.890. The summed E-state index contributed by atoms with van der Waals surface area (Å²) in [6.45, 7) is 1.32. The molecule has 0 aromatic heterocycles. The van der Waals surface area contributed by atoms with Gasteiger partial charge in [-0.15, -0.1) is 0 Å². The topological polar surface area (TPSA) is 129 Å². The van der Waals surface area contributed by atoms with Crippen LogP contribution in [0, 0.1) is 11.8 Å². The van der Waals surface area contributed by atoms with Gasteiger partial charge in [0.15, 0.2) is 6.29 Å². The number of aliphatic hydroxyl groups is 5. The van der Waals surface area contributed by atoms with Gasteiger partial charge in [-0.2, -0.15) is 0 Å². The Kier molecular flexibility index (Phi) is 4.75. The molecular formula is C15H22O8. The molecule has 2 heterocycles. The van der Waals surface area contributed by atoms with Crippen LogP contribution >= 0.6 is 0 Å². The number of hydrogen-bond donors (Lipinski definition) is 5. The van der Waals surface area contributed by atoms with Gasteiger partial charge in [0, 0.05) is 5.92 Å². The van der Waals surface area contributed by atoms with Crippen molar-refractivity contribution in [2.75, 3.05) is 6.61 Å². The van der Waals surface area contributed by atoms with Crippen LogP contribution in [-0.2, 0) is 14.2 Å². The molecule has 8 heteroatoms. The predicted molar refractivity (Wildman–Crippen MR) is 75.6 cm³/mol. The van der Waals surface area contributed by atoms with Crippen LogP contribution in [0.1, 0.15) is 6.92 Å². The summed E-state index contributed by atoms with van der Waals surface area (Å²) in [7, 11) is 0. The van der Waals surface area contributed by atoms with Crippen molar-refractivity contribution in [1.82, 2.24) is 0 Å². The molecule has 8 nitrogen and oxygen atoms in total. The van der Waals surface area contributed by atoms with E-state index in [4.69, 9.17) is 14.2 Å². The van der Waals surface area contributed by atoms with Gasteiger partial charge >= 0.3 is 0 Å². The number of hydrogen-bond acceptors (Lipinski definition) is 8. The van der Waals surface area contributed by atoms with Crippen molar-refractivity contribution in [3.05, 3.63) is 24.0 Å². The number of fused-ring (bicyclic) bond motifs is 1. The number of rotatable bonds is 3. The zero-order valence-electron chi connectivity index (χ0n) is 12.6. The zero-order valence-corrected chi connectivity index (χ0v) is 12.6. The molecule has 0 aromatic carbocycles. The highest BCUT2D eigenvalue weighted by molar-refractivity contribution is 5.23. The van der Waals surface area contributed by atoms with E-state index in [2.05, 4.69) is 0 Å². The molecule has 0 bridgehead atoms. The van der Waals surface area contributed by atoms with Crippen molar-refractivity contribution in [2.45, 2.75) is 50.0 Å². The largest absolute Gasteiger partial charge is 0.472 e. The highest BCUT2D eigenvalue weighted by Crippen LogP contribution is 2.40. The van der Waals surface area contributed by atoms with Gasteiger partial charge in [0.05, 0.1) is 24.9 Å². The Labute approximate surface area is 133 Å². The first kappa shape index (κ1) is 16.8. The van der Waals surface area contributed by atoms with Gasteiger partial charge in [0.1, 0.15) is 24.4 Å². The van der Waals surface area contributed by atoms with Gasteiger partial charge in [-0.3, -0.25) is 0 Å². The Balaban J connectivity index is 1.73. The van der Waals surface area contributed by atoms with Gasteiger partial charge < -0.3 is 39.7 Å². The summed E-state index contributed by atoms with van der Waals surface area (Å²) in [5, 5.41) is 48.8. The van der Waals surface area contributed by atoms with Crippen molar-refractivity contribution in [1.29, 1.82) is 0 Å². The SMILES string of the molecule is CC1=CC(O)C2C=COC(OC3OC(CO)C(O)C(O)C3O)C12. The molecule has 0 amide bonds. The summed E-state index contributed by atoms with van der Waals surface area (Å²) in [4.78, 5) is 0. The summed E-state index contributed by atoms with van der Waals surface area (Å²) in [6, 6.07) is 0. The summed E-state index contributed by atoms with van der Waals surface area (Å²) < 4.78 is 16.4. The van der Waals surface area contributed by atoms with Crippen LogP contribution in [-0.4, -0.2) is 75.2 Å². The fraction of sp³-hybridized carbons (Fsp3) is 0.733. The van der Waals surface area contributed by atoms with Gasteiger partial charge in [-0.05, 0) is 13.0 Å². The minimum atomic E-state index is -1.51. The first-order valence-electron chi connectivity index (χ1n) is 7.58. The van der Waals surface area contributed by atoms with Crippen LogP contribution in [0.25, 0.3) is 0 Å². The van der Waals surface area contributed by atoms with E-state index in [0.717, 1.165) is 5.57 Å². The van der Waals surface area contributed by atoms with Crippen LogP contribution in [0.3, 0.4) is 0 Å². The third kappa shape index (κ3) is 2.91. The van der Waals surface area contributed by atoms with E-state index in [1.165, 1.54) is 6.26 Å². The van der Waals surface area contributed by atoms with Gasteiger partial charge in [0.2, 0.25) is 6.29 Å². The standard InChI is InChI=1S/C15H22O8/c1-6-4-8(17)7-2-3-21-14(10(6)7)23-15-13(20)12(19)11(18)9(5-16)22-15/h2-4,7-20H,5H2,1H3. The Morgan fingerprint density at radius 1 is 1.09 bits per heavy atom. The van der Waals surface area contributed by atoms with E-state index in [0.29, 0.717) is 0 Å². The van der Waals surface area contributed by atoms with Crippen molar-refractivity contribution in [3.8, 4) is 0 Å². The Hall–Kier alpha value is -1.00. The Bertz CT molecular complexity index is 490. The van der Waals surface area contributed by atoms with Crippen LogP contribution in [0.15, 0.2) is 24.0 Å². The third-order valence-electron chi connectivity index (χ3n) is 4.69. The van der Waals surface area contributed by atoms with E-state index in [9.17, 15) is 25.5 Å². The summed E-state index contributed by atoms with van der Waals surface area (Å²) in [6.07, 6.45) is -3.32. The molecule has 1 aliphatic carbocycles. The maximum absolute atomic E-state index is 10.0. The molecule has 5 N–H and O–H groups in total. The van der Waals surface area contributed by atoms with Crippen molar-refractivity contribution >= 4 is 0 Å². The van der Waals surface area contributed by atoms with E-state index in [1.54, 1.807) is 12.2 Å². The zero-order chi connectivity index (χ0) is 16.7. The highest BCUT2D eigenvalue weighted by atomic mass is 16.8. The lowest BCUT2D eigenvalue weighted by Crippen LogP contribution is -2.60. The van der Waals surface area contributed by atoms with Crippen LogP contribution < -0.4 is 0 Å². The summed E-state index contributed by atoms with van der Waals surface area (Å²) in [5.74, 6) is -0.444. The normalized spacial score (nSPS) is 49.5. The molecule has 0 radical (unpaired) electrons. The van der Waals surface area contributed by atoms with Crippen molar-refractivity contribution < 1.29 is 39.7 Å². The molecule has 9 unspecified atom stereocenters. The molecule has 0 saturated carbocycles. The van der Waals surface area contributed by atoms with Gasteiger partial charge in [0.25, 0.3) is 0 Å². The molecule has 23 heavy (non-hydrogen) atoms. The van der Waals surface area contributed by atoms with E-state index in [-0.39, 0.29) is 11.8 Å². The van der Waals surface area contributed by atoms with E-state index < -0.39 is 49.7 Å². The fourth-order valence-electron chi connectivity index (χ4n) is 3.36. The van der Waals surface area contributed by atoms with Crippen molar-refractivity contribution in [2.24, 2.45) is 11.8 Å². The quantitative estimate of drug-likeness (QED) is 0.384. The number of ether oxygens (including phenoxy) is 3. The minimum absolute atomic E-state index is 0.196. The molecule has 0 aromatic rings. The molecule has 1 saturated heterocycles. The Morgan fingerprint density at radius 3 is 2.52 bits per heavy atom. The second-order valence-corrected chi connectivity index (χ2v) is 6.17. The van der Waals surface area contributed by atoms with E-state index in [1.807, 2.05) is 6.92 Å². The number of aliphatic hydroxyl groups excluding tert-OH is 5. The third-order valence-corrected chi connectivity index (χ3v) is 4.69. The molecule has 1 fully saturated rings. The van der Waals surface area contributed by atoms with Crippen LogP contribution in [0.5, 0.6) is 0 Å². The highest BCUT2D eigenvalue weighted by Gasteiger charge is 2.48. The van der Waals surface area contributed by atoms with Crippen molar-refractivity contribution in [3.63, 3.8) is 0 Å². The molecule has 0 spiro atoms. The van der Waals surface area contributed by atoms with Crippen LogP contribution in [0.4, 0.5) is 0 Å². The smallest absolute Gasteiger partial charge is 0.208 e. The second-order valence-electron chi connectivity index (χ2n) is 6.17. The van der Waals surface area contributed by atoms with E-state index >= 15 is 0 Å². The first-order chi connectivity index (χ1) is 10.9. The molecule has 2 aliphatic heterocycles. The molecule has 130 valence electrons. The molecular weight excluding hydrogens is 308 g/mol. The average molecular weight is 330 g/mol.